The van der Waals surface area contributed by atoms with E-state index < -0.39 is 0 Å². The number of benzene rings is 10. The molecule has 2 N–H and O–H groups in total. The lowest BCUT2D eigenvalue weighted by molar-refractivity contribution is 0.296. The average molecular weight is 1330 g/mol. The van der Waals surface area contributed by atoms with E-state index in [0.717, 1.165) is 145 Å². The third-order valence-electron chi connectivity index (χ3n) is 19.9. The maximum absolute atomic E-state index is 13.5. The minimum absolute atomic E-state index is 0.259. The van der Waals surface area contributed by atoms with Gasteiger partial charge in [0, 0.05) is 38.5 Å². The molecule has 1 aliphatic rings. The molecule has 0 saturated carbocycles. The zero-order valence-corrected chi connectivity index (χ0v) is 63.1. The van der Waals surface area contributed by atoms with Crippen molar-refractivity contribution < 1.29 is 29.2 Å². The second kappa shape index (κ2) is 28.9. The summed E-state index contributed by atoms with van der Waals surface area (Å²) in [5, 5.41) is 27.0. The fourth-order valence-electron chi connectivity index (χ4n) is 13.6. The molecule has 1 aliphatic carbocycles. The normalized spacial score (nSPS) is 13.3. The predicted octanol–water partition coefficient (Wildman–Crippen LogP) is 23.1. The van der Waals surface area contributed by atoms with Crippen LogP contribution in [-0.2, 0) is 97.4 Å². The Bertz CT molecular complexity index is 3960. The number of hydrogen-bond donors (Lipinski definition) is 2. The number of phenols is 2. The number of ether oxygens (including phenoxy) is 4. The van der Waals surface area contributed by atoms with Crippen molar-refractivity contribution in [2.45, 2.75) is 222 Å². The van der Waals surface area contributed by atoms with Crippen LogP contribution >= 0.6 is 0 Å². The third kappa shape index (κ3) is 17.4. The lowest BCUT2D eigenvalue weighted by Crippen LogP contribution is -2.17. The average Bonchev–Trinajstić information content (AvgIpc) is 0.771. The molecule has 11 rings (SSSR count). The van der Waals surface area contributed by atoms with Crippen molar-refractivity contribution in [3.8, 4) is 34.5 Å². The highest BCUT2D eigenvalue weighted by atomic mass is 16.5. The van der Waals surface area contributed by atoms with E-state index >= 15 is 0 Å². The summed E-state index contributed by atoms with van der Waals surface area (Å²) in [5.41, 5.74) is 20.7. The first-order chi connectivity index (χ1) is 47.1. The maximum atomic E-state index is 13.5. The monoisotopic (exact) mass is 1330 g/mol. The van der Waals surface area contributed by atoms with Crippen LogP contribution in [0.25, 0.3) is 0 Å². The van der Waals surface area contributed by atoms with Gasteiger partial charge in [0.05, 0.1) is 0 Å². The van der Waals surface area contributed by atoms with Gasteiger partial charge in [0.15, 0.2) is 0 Å². The molecule has 6 heteroatoms. The first-order valence-electron chi connectivity index (χ1n) is 36.1. The zero-order chi connectivity index (χ0) is 71.7. The van der Waals surface area contributed by atoms with Crippen LogP contribution in [-0.4, -0.2) is 10.2 Å². The van der Waals surface area contributed by atoms with Crippen LogP contribution < -0.4 is 18.9 Å². The molecule has 10 aromatic rings. The molecule has 6 nitrogen and oxygen atoms in total. The van der Waals surface area contributed by atoms with Gasteiger partial charge in [0.1, 0.15) is 60.9 Å². The first kappa shape index (κ1) is 72.3. The smallest absolute Gasteiger partial charge is 0.126 e. The number of aromatic hydroxyl groups is 2. The molecule has 10 aromatic carbocycles. The van der Waals surface area contributed by atoms with E-state index in [2.05, 4.69) is 294 Å². The van der Waals surface area contributed by atoms with E-state index in [1.165, 1.54) is 0 Å². The lowest BCUT2D eigenvalue weighted by atomic mass is 9.79. The van der Waals surface area contributed by atoms with Gasteiger partial charge in [-0.05, 0) is 155 Å². The topological polar surface area (TPSA) is 77.4 Å². The summed E-state index contributed by atoms with van der Waals surface area (Å²) in [6.07, 6.45) is 2.51. The van der Waals surface area contributed by atoms with Gasteiger partial charge < -0.3 is 29.2 Å². The van der Waals surface area contributed by atoms with E-state index in [-0.39, 0.29) is 44.0 Å². The largest absolute Gasteiger partial charge is 0.507 e. The van der Waals surface area contributed by atoms with E-state index in [1.54, 1.807) is 0 Å². The molecule has 0 heterocycles. The zero-order valence-electron chi connectivity index (χ0n) is 63.1. The van der Waals surface area contributed by atoms with Crippen LogP contribution in [0.5, 0.6) is 34.5 Å². The molecule has 0 unspecified atom stereocenters. The minimum Gasteiger partial charge on any atom is -0.507 e. The number of rotatable bonds is 12. The van der Waals surface area contributed by atoms with Gasteiger partial charge in [-0.1, -0.05) is 319 Å². The highest BCUT2D eigenvalue weighted by Gasteiger charge is 2.31. The van der Waals surface area contributed by atoms with Gasteiger partial charge in [0.25, 0.3) is 0 Å². The van der Waals surface area contributed by atoms with Crippen molar-refractivity contribution in [1.82, 2.24) is 0 Å². The summed E-state index contributed by atoms with van der Waals surface area (Å²) in [6.45, 7) is 42.3. The second-order valence-electron chi connectivity index (χ2n) is 34.4. The van der Waals surface area contributed by atoms with Crippen molar-refractivity contribution in [2.24, 2.45) is 0 Å². The van der Waals surface area contributed by atoms with Crippen molar-refractivity contribution in [2.75, 3.05) is 0 Å². The van der Waals surface area contributed by atoms with Gasteiger partial charge >= 0.3 is 0 Å². The Morgan fingerprint density at radius 1 is 0.220 bits per heavy atom. The Morgan fingerprint density at radius 3 is 0.510 bits per heavy atom. The van der Waals surface area contributed by atoms with Crippen LogP contribution in [0.3, 0.4) is 0 Å². The van der Waals surface area contributed by atoms with E-state index in [4.69, 9.17) is 18.9 Å². The predicted molar refractivity (Wildman–Crippen MR) is 414 cm³/mol. The number of phenolic OH excluding ortho intramolecular Hbond substituents is 2. The molecule has 12 bridgehead atoms. The fraction of sp³-hybridized carbons (Fsp3) is 0.362. The molecule has 0 atom stereocenters. The molecule has 0 fully saturated rings. The van der Waals surface area contributed by atoms with Crippen LogP contribution in [0.4, 0.5) is 0 Å². The van der Waals surface area contributed by atoms with E-state index in [9.17, 15) is 10.2 Å². The van der Waals surface area contributed by atoms with E-state index in [0.29, 0.717) is 65.0 Å². The van der Waals surface area contributed by atoms with Gasteiger partial charge in [0.2, 0.25) is 0 Å². The Morgan fingerprint density at radius 2 is 0.360 bits per heavy atom. The summed E-state index contributed by atoms with van der Waals surface area (Å²) < 4.78 is 29.5. The molecule has 0 aromatic heterocycles. The summed E-state index contributed by atoms with van der Waals surface area (Å²) in [7, 11) is 0. The van der Waals surface area contributed by atoms with E-state index in [1.807, 2.05) is 24.3 Å². The molecule has 0 spiro atoms. The molecule has 0 aliphatic heterocycles. The summed E-state index contributed by atoms with van der Waals surface area (Å²) in [4.78, 5) is 0. The van der Waals surface area contributed by atoms with Gasteiger partial charge in [-0.25, -0.2) is 0 Å². The maximum Gasteiger partial charge on any atom is 0.126 e. The van der Waals surface area contributed by atoms with Crippen molar-refractivity contribution in [1.29, 1.82) is 0 Å². The van der Waals surface area contributed by atoms with Gasteiger partial charge in [-0.15, -0.1) is 0 Å². The molecule has 0 radical (unpaired) electrons. The van der Waals surface area contributed by atoms with Crippen molar-refractivity contribution >= 4 is 0 Å². The SMILES string of the molecule is CC(C)(C)c1cc2c(O)c(c1)Cc1cc(C(C)(C)C)cc(c1OCc1ccccc1)Cc1cc(C(C)(C)C)cc(c1OCc1ccccc1)Cc1cc(C(C)(C)C)cc(c1O)Cc1cc(C(C)(C)C)cc(c1OCc1ccccc1)Cc1cc(C(C)(C)C)cc(c1OCc1ccccc1)C2. The highest BCUT2D eigenvalue weighted by Crippen LogP contribution is 2.47. The summed E-state index contributed by atoms with van der Waals surface area (Å²) in [5.74, 6) is 3.66. The molecular weight excluding hydrogens is 1230 g/mol. The second-order valence-corrected chi connectivity index (χ2v) is 34.4. The Balaban J connectivity index is 1.26. The van der Waals surface area contributed by atoms with Gasteiger partial charge in [-0.3, -0.25) is 0 Å². The van der Waals surface area contributed by atoms with Crippen molar-refractivity contribution in [3.63, 3.8) is 0 Å². The molecule has 0 amide bonds. The highest BCUT2D eigenvalue weighted by molar-refractivity contribution is 5.62. The first-order valence-corrected chi connectivity index (χ1v) is 36.1. The van der Waals surface area contributed by atoms with Crippen molar-refractivity contribution in [3.05, 3.63) is 317 Å². The standard InChI is InChI=1S/C94H108O6/c1-89(2,3)77-45-65-39-69-49-79(91(7,8)9)53-73(85(69)97-57-61-31-23-19-24-32-61)43-75-55-81(93(13,14)15)51-71(87(75)99-59-63-35-27-21-28-36-63)41-67-47-78(90(4,5)6)48-68(84(67)96)42-72-52-82(94(16,17)18)56-76(88(72)100-60-64-37-29-22-30-38-64)44-74-54-80(92(10,11)12)50-70(40-66(46-77)83(65)95)86(74)98-58-62-33-25-20-26-34-62/h19-38,45-56,95-96H,39-44,57-60H2,1-18H3. The van der Waals surface area contributed by atoms with Gasteiger partial charge in [-0.2, -0.15) is 0 Å². The molecule has 520 valence electrons. The van der Waals surface area contributed by atoms with Crippen LogP contribution in [0.2, 0.25) is 0 Å². The quantitative estimate of drug-likeness (QED) is 0.127. The van der Waals surface area contributed by atoms with Crippen LogP contribution in [0.15, 0.2) is 194 Å². The number of hydrogen-bond acceptors (Lipinski definition) is 6. The fourth-order valence-corrected chi connectivity index (χ4v) is 13.6. The third-order valence-corrected chi connectivity index (χ3v) is 19.9. The summed E-state index contributed by atoms with van der Waals surface area (Å²) in [6, 6.07) is 69.4. The molecular formula is C94H108O6. The van der Waals surface area contributed by atoms with Crippen LogP contribution in [0.1, 0.15) is 247 Å². The molecule has 0 saturated heterocycles. The van der Waals surface area contributed by atoms with Crippen LogP contribution in [0, 0.1) is 0 Å². The Hall–Kier alpha value is -9.00. The Labute approximate surface area is 598 Å². The minimum atomic E-state index is -0.292. The number of fused-ring (bicyclic) bond motifs is 12. The lowest BCUT2D eigenvalue weighted by Gasteiger charge is -2.28. The summed E-state index contributed by atoms with van der Waals surface area (Å²) >= 11 is 0. The molecule has 100 heavy (non-hydrogen) atoms. The Kier molecular flexibility index (Phi) is 20.9.